The van der Waals surface area contributed by atoms with Gasteiger partial charge in [-0.3, -0.25) is 4.79 Å². The molecule has 2 bridgehead atoms. The van der Waals surface area contributed by atoms with Gasteiger partial charge in [0.05, 0.1) is 31.8 Å². The summed E-state index contributed by atoms with van der Waals surface area (Å²) in [5.41, 5.74) is 0.100. The standard InChI is InChI=1S/C24H37NO5/c1-22-7-3-2-4-19(22)20(25-15-26)14-16-17(22)5-8-23-18(16)6-9-24(23)29-12-10-27-21(23)28-11-13-30-24/h15-21H,2-14H2,1H3,(H,25,26)/t16-,17+,18+,19?,20+,21?,22-,23+,24?/m1/s1. The molecule has 4 aliphatic carbocycles. The Kier molecular flexibility index (Phi) is 4.76. The lowest BCUT2D eigenvalue weighted by atomic mass is 9.43. The third kappa shape index (κ3) is 2.48. The summed E-state index contributed by atoms with van der Waals surface area (Å²) < 4.78 is 25.6. The molecule has 2 aliphatic heterocycles. The zero-order valence-corrected chi connectivity index (χ0v) is 18.3. The molecule has 4 saturated carbocycles. The molecule has 0 aromatic rings. The van der Waals surface area contributed by atoms with Crippen molar-refractivity contribution in [3.63, 3.8) is 0 Å². The minimum atomic E-state index is -0.557. The van der Waals surface area contributed by atoms with Crippen molar-refractivity contribution in [3.8, 4) is 0 Å². The molecular weight excluding hydrogens is 382 g/mol. The van der Waals surface area contributed by atoms with E-state index in [1.165, 1.54) is 32.1 Å². The van der Waals surface area contributed by atoms with Crippen LogP contribution in [0, 0.1) is 34.5 Å². The Labute approximate surface area is 179 Å². The molecule has 2 saturated heterocycles. The number of nitrogens with one attached hydrogen (secondary N) is 1. The van der Waals surface area contributed by atoms with E-state index < -0.39 is 5.79 Å². The topological polar surface area (TPSA) is 66.0 Å². The quantitative estimate of drug-likeness (QED) is 0.696. The van der Waals surface area contributed by atoms with Gasteiger partial charge < -0.3 is 24.3 Å². The van der Waals surface area contributed by atoms with Gasteiger partial charge in [0, 0.05) is 12.5 Å². The van der Waals surface area contributed by atoms with E-state index in [1.54, 1.807) is 0 Å². The number of rotatable bonds is 2. The molecule has 1 spiro atoms. The van der Waals surface area contributed by atoms with Crippen LogP contribution in [0.5, 0.6) is 0 Å². The first kappa shape index (κ1) is 20.0. The molecule has 6 nitrogen and oxygen atoms in total. The van der Waals surface area contributed by atoms with E-state index in [0.717, 1.165) is 32.1 Å². The normalized spacial score (nSPS) is 55.1. The first-order chi connectivity index (χ1) is 14.6. The Morgan fingerprint density at radius 3 is 2.40 bits per heavy atom. The van der Waals surface area contributed by atoms with Crippen LogP contribution in [0.1, 0.15) is 64.7 Å². The van der Waals surface area contributed by atoms with Crippen LogP contribution in [0.3, 0.4) is 0 Å². The second-order valence-corrected chi connectivity index (χ2v) is 11.0. The minimum absolute atomic E-state index is 0.218. The fraction of sp³-hybridized carbons (Fsp3) is 0.958. The SMILES string of the molecule is C[C@]12CCCCC1[C@@H](NC=O)C[C@@H]1[C@@H]2CC[C@]23C4OCCOC2(CC[C@@H]13)OCCO4. The van der Waals surface area contributed by atoms with Crippen molar-refractivity contribution in [2.45, 2.75) is 82.8 Å². The van der Waals surface area contributed by atoms with Gasteiger partial charge in [-0.05, 0) is 67.6 Å². The minimum Gasteiger partial charge on any atom is -0.356 e. The van der Waals surface area contributed by atoms with Gasteiger partial charge in [0.15, 0.2) is 12.1 Å². The number of hydrogen-bond acceptors (Lipinski definition) is 5. The second-order valence-electron chi connectivity index (χ2n) is 11.0. The summed E-state index contributed by atoms with van der Waals surface area (Å²) in [6.07, 6.45) is 11.3. The number of hydrogen-bond donors (Lipinski definition) is 1. The zero-order chi connectivity index (χ0) is 20.4. The molecule has 0 aromatic heterocycles. The summed E-state index contributed by atoms with van der Waals surface area (Å²) in [7, 11) is 0. The highest BCUT2D eigenvalue weighted by Crippen LogP contribution is 2.71. The monoisotopic (exact) mass is 419 g/mol. The summed E-state index contributed by atoms with van der Waals surface area (Å²) >= 11 is 0. The zero-order valence-electron chi connectivity index (χ0n) is 18.3. The summed E-state index contributed by atoms with van der Waals surface area (Å²) in [5, 5.41) is 3.26. The molecule has 6 heteroatoms. The van der Waals surface area contributed by atoms with Crippen molar-refractivity contribution in [2.24, 2.45) is 34.5 Å². The molecule has 2 heterocycles. The van der Waals surface area contributed by atoms with Crippen LogP contribution in [-0.4, -0.2) is 51.0 Å². The van der Waals surface area contributed by atoms with Crippen LogP contribution < -0.4 is 5.32 Å². The van der Waals surface area contributed by atoms with Gasteiger partial charge in [-0.1, -0.05) is 19.8 Å². The van der Waals surface area contributed by atoms with E-state index in [9.17, 15) is 4.79 Å². The molecule has 6 fully saturated rings. The molecule has 0 radical (unpaired) electrons. The summed E-state index contributed by atoms with van der Waals surface area (Å²) in [6.45, 7) is 4.85. The molecule has 168 valence electrons. The van der Waals surface area contributed by atoms with Crippen LogP contribution in [-0.2, 0) is 23.7 Å². The highest BCUT2D eigenvalue weighted by atomic mass is 16.8. The molecule has 6 rings (SSSR count). The van der Waals surface area contributed by atoms with Gasteiger partial charge in [0.2, 0.25) is 6.41 Å². The molecule has 1 unspecified atom stereocenters. The largest absolute Gasteiger partial charge is 0.356 e. The van der Waals surface area contributed by atoms with E-state index in [4.69, 9.17) is 18.9 Å². The van der Waals surface area contributed by atoms with E-state index in [2.05, 4.69) is 12.2 Å². The molecule has 6 aliphatic rings. The van der Waals surface area contributed by atoms with Gasteiger partial charge in [0.25, 0.3) is 0 Å². The van der Waals surface area contributed by atoms with Crippen molar-refractivity contribution in [1.29, 1.82) is 0 Å². The smallest absolute Gasteiger partial charge is 0.207 e. The van der Waals surface area contributed by atoms with E-state index in [0.29, 0.717) is 55.5 Å². The lowest BCUT2D eigenvalue weighted by molar-refractivity contribution is -0.319. The average Bonchev–Trinajstić information content (AvgIpc) is 2.92. The highest BCUT2D eigenvalue weighted by Gasteiger charge is 2.73. The Bertz CT molecular complexity index is 675. The van der Waals surface area contributed by atoms with Crippen molar-refractivity contribution < 1.29 is 23.7 Å². The first-order valence-corrected chi connectivity index (χ1v) is 12.4. The number of carbonyl (C=O) groups excluding carboxylic acids is 1. The number of carbonyl (C=O) groups is 1. The van der Waals surface area contributed by atoms with Gasteiger partial charge in [-0.25, -0.2) is 0 Å². The number of ether oxygens (including phenoxy) is 4. The Morgan fingerprint density at radius 2 is 1.63 bits per heavy atom. The Morgan fingerprint density at radius 1 is 0.867 bits per heavy atom. The van der Waals surface area contributed by atoms with Crippen LogP contribution >= 0.6 is 0 Å². The predicted molar refractivity (Wildman–Crippen MR) is 109 cm³/mol. The lowest BCUT2D eigenvalue weighted by Gasteiger charge is -2.63. The van der Waals surface area contributed by atoms with Gasteiger partial charge in [0.1, 0.15) is 0 Å². The van der Waals surface area contributed by atoms with E-state index >= 15 is 0 Å². The van der Waals surface area contributed by atoms with Gasteiger partial charge in [-0.15, -0.1) is 0 Å². The average molecular weight is 420 g/mol. The maximum atomic E-state index is 11.5. The predicted octanol–water partition coefficient (Wildman–Crippen LogP) is 3.24. The third-order valence-corrected chi connectivity index (χ3v) is 10.3. The van der Waals surface area contributed by atoms with Crippen LogP contribution in [0.4, 0.5) is 0 Å². The van der Waals surface area contributed by atoms with E-state index in [-0.39, 0.29) is 17.7 Å². The third-order valence-electron chi connectivity index (χ3n) is 10.3. The second kappa shape index (κ2) is 7.16. The molecular formula is C24H37NO5. The number of fused-ring (bicyclic) bond motifs is 4. The van der Waals surface area contributed by atoms with Gasteiger partial charge in [-0.2, -0.15) is 0 Å². The van der Waals surface area contributed by atoms with Crippen LogP contribution in [0.25, 0.3) is 0 Å². The van der Waals surface area contributed by atoms with E-state index in [1.807, 2.05) is 0 Å². The molecule has 7 atom stereocenters. The summed E-state index contributed by atoms with van der Waals surface area (Å²) in [6, 6.07) is 0.289. The van der Waals surface area contributed by atoms with Crippen molar-refractivity contribution in [1.82, 2.24) is 5.32 Å². The molecule has 0 aromatic carbocycles. The Balaban J connectivity index is 1.42. The molecule has 30 heavy (non-hydrogen) atoms. The lowest BCUT2D eigenvalue weighted by Crippen LogP contribution is -2.64. The summed E-state index contributed by atoms with van der Waals surface area (Å²) in [4.78, 5) is 11.5. The van der Waals surface area contributed by atoms with Crippen molar-refractivity contribution >= 4 is 6.41 Å². The molecule has 1 amide bonds. The van der Waals surface area contributed by atoms with Crippen LogP contribution in [0.15, 0.2) is 0 Å². The summed E-state index contributed by atoms with van der Waals surface area (Å²) in [5.74, 6) is 1.80. The molecule has 1 N–H and O–H groups in total. The van der Waals surface area contributed by atoms with Crippen molar-refractivity contribution in [2.75, 3.05) is 26.4 Å². The first-order valence-electron chi connectivity index (χ1n) is 12.4. The van der Waals surface area contributed by atoms with Crippen molar-refractivity contribution in [3.05, 3.63) is 0 Å². The fourth-order valence-corrected chi connectivity index (χ4v) is 9.36. The fourth-order valence-electron chi connectivity index (χ4n) is 9.36. The van der Waals surface area contributed by atoms with Gasteiger partial charge >= 0.3 is 0 Å². The maximum absolute atomic E-state index is 11.5. The number of amides is 1. The maximum Gasteiger partial charge on any atom is 0.207 e. The Hall–Kier alpha value is -0.690. The highest BCUT2D eigenvalue weighted by molar-refractivity contribution is 5.47. The van der Waals surface area contributed by atoms with Crippen LogP contribution in [0.2, 0.25) is 0 Å².